The smallest absolute Gasteiger partial charge is 0.234 e. The lowest BCUT2D eigenvalue weighted by molar-refractivity contribution is -0.121. The van der Waals surface area contributed by atoms with E-state index in [0.717, 1.165) is 29.7 Å². The van der Waals surface area contributed by atoms with E-state index in [2.05, 4.69) is 5.32 Å². The van der Waals surface area contributed by atoms with Crippen molar-refractivity contribution in [3.05, 3.63) is 34.9 Å². The van der Waals surface area contributed by atoms with E-state index in [1.807, 2.05) is 36.9 Å². The van der Waals surface area contributed by atoms with Gasteiger partial charge in [-0.15, -0.1) is 0 Å². The van der Waals surface area contributed by atoms with Crippen LogP contribution in [0.15, 0.2) is 18.2 Å². The zero-order valence-corrected chi connectivity index (χ0v) is 11.5. The molecule has 19 heavy (non-hydrogen) atoms. The first kappa shape index (κ1) is 13.7. The van der Waals surface area contributed by atoms with Crippen LogP contribution >= 0.6 is 0 Å². The van der Waals surface area contributed by atoms with Crippen LogP contribution in [0, 0.1) is 13.8 Å². The van der Waals surface area contributed by atoms with Gasteiger partial charge in [0.05, 0.1) is 13.1 Å². The summed E-state index contributed by atoms with van der Waals surface area (Å²) >= 11 is 0. The second-order valence-electron chi connectivity index (χ2n) is 5.16. The van der Waals surface area contributed by atoms with Gasteiger partial charge in [0.15, 0.2) is 5.78 Å². The maximum Gasteiger partial charge on any atom is 0.234 e. The van der Waals surface area contributed by atoms with Crippen molar-refractivity contribution in [2.24, 2.45) is 0 Å². The zero-order chi connectivity index (χ0) is 13.8. The van der Waals surface area contributed by atoms with Crippen molar-refractivity contribution in [1.29, 1.82) is 0 Å². The minimum absolute atomic E-state index is 0.00580. The standard InChI is InChI=1S/C15H20N2O2/c1-11-4-5-12(2)13(8-11)14(18)9-17-7-3-6-16-15(19)10-17/h4-5,8H,3,6-7,9-10H2,1-2H3,(H,16,19). The highest BCUT2D eigenvalue weighted by molar-refractivity contribution is 5.99. The van der Waals surface area contributed by atoms with Crippen molar-refractivity contribution in [2.45, 2.75) is 20.3 Å². The summed E-state index contributed by atoms with van der Waals surface area (Å²) < 4.78 is 0. The van der Waals surface area contributed by atoms with Gasteiger partial charge in [-0.1, -0.05) is 17.7 Å². The van der Waals surface area contributed by atoms with E-state index in [0.29, 0.717) is 19.6 Å². The Balaban J connectivity index is 2.07. The predicted octanol–water partition coefficient (Wildman–Crippen LogP) is 1.31. The number of Topliss-reactive ketones (excluding diaryl/α,β-unsaturated/α-hetero) is 1. The molecule has 1 saturated heterocycles. The molecule has 0 aromatic heterocycles. The normalized spacial score (nSPS) is 16.8. The van der Waals surface area contributed by atoms with Gasteiger partial charge >= 0.3 is 0 Å². The summed E-state index contributed by atoms with van der Waals surface area (Å²) in [4.78, 5) is 25.7. The highest BCUT2D eigenvalue weighted by Gasteiger charge is 2.18. The van der Waals surface area contributed by atoms with Crippen LogP contribution in [0.2, 0.25) is 0 Å². The second kappa shape index (κ2) is 5.97. The third-order valence-corrected chi connectivity index (χ3v) is 3.40. The Kier molecular flexibility index (Phi) is 4.32. The molecule has 4 nitrogen and oxygen atoms in total. The highest BCUT2D eigenvalue weighted by atomic mass is 16.2. The lowest BCUT2D eigenvalue weighted by Crippen LogP contribution is -2.36. The van der Waals surface area contributed by atoms with Gasteiger partial charge in [-0.3, -0.25) is 14.5 Å². The van der Waals surface area contributed by atoms with Crippen LogP contribution in [-0.4, -0.2) is 42.8 Å². The lowest BCUT2D eigenvalue weighted by Gasteiger charge is -2.18. The Morgan fingerprint density at radius 2 is 2.16 bits per heavy atom. The molecular weight excluding hydrogens is 240 g/mol. The summed E-state index contributed by atoms with van der Waals surface area (Å²) in [7, 11) is 0. The number of amides is 1. The number of rotatable bonds is 3. The largest absolute Gasteiger partial charge is 0.355 e. The van der Waals surface area contributed by atoms with Crippen LogP contribution in [0.3, 0.4) is 0 Å². The number of benzene rings is 1. The number of ketones is 1. The van der Waals surface area contributed by atoms with Gasteiger partial charge in [0.25, 0.3) is 0 Å². The molecule has 1 amide bonds. The molecule has 1 aromatic carbocycles. The van der Waals surface area contributed by atoms with Crippen molar-refractivity contribution < 1.29 is 9.59 Å². The number of nitrogens with zero attached hydrogens (tertiary/aromatic N) is 1. The molecule has 0 radical (unpaired) electrons. The van der Waals surface area contributed by atoms with Gasteiger partial charge in [0.1, 0.15) is 0 Å². The first-order chi connectivity index (χ1) is 9.06. The molecular formula is C15H20N2O2. The van der Waals surface area contributed by atoms with Crippen LogP contribution in [0.1, 0.15) is 27.9 Å². The van der Waals surface area contributed by atoms with Crippen LogP contribution in [0.25, 0.3) is 0 Å². The number of nitrogens with one attached hydrogen (secondary N) is 1. The SMILES string of the molecule is Cc1ccc(C)c(C(=O)CN2CCCNC(=O)C2)c1. The topological polar surface area (TPSA) is 49.4 Å². The van der Waals surface area contributed by atoms with Crippen LogP contribution in [-0.2, 0) is 4.79 Å². The average molecular weight is 260 g/mol. The molecule has 0 atom stereocenters. The minimum atomic E-state index is 0.00580. The van der Waals surface area contributed by atoms with Gasteiger partial charge in [0.2, 0.25) is 5.91 Å². The molecule has 1 aliphatic rings. The van der Waals surface area contributed by atoms with Crippen molar-refractivity contribution in [3.63, 3.8) is 0 Å². The van der Waals surface area contributed by atoms with E-state index in [1.54, 1.807) is 0 Å². The maximum atomic E-state index is 12.3. The highest BCUT2D eigenvalue weighted by Crippen LogP contribution is 2.12. The Bertz CT molecular complexity index is 497. The van der Waals surface area contributed by atoms with Gasteiger partial charge in [0, 0.05) is 18.7 Å². The molecule has 0 bridgehead atoms. The third-order valence-electron chi connectivity index (χ3n) is 3.40. The summed E-state index contributed by atoms with van der Waals surface area (Å²) in [6.45, 7) is 6.05. The second-order valence-corrected chi connectivity index (χ2v) is 5.16. The van der Waals surface area contributed by atoms with Gasteiger partial charge in [-0.2, -0.15) is 0 Å². The van der Waals surface area contributed by atoms with E-state index in [-0.39, 0.29) is 11.7 Å². The van der Waals surface area contributed by atoms with Crippen LogP contribution < -0.4 is 5.32 Å². The number of carbonyl (C=O) groups excluding carboxylic acids is 2. The van der Waals surface area contributed by atoms with Crippen molar-refractivity contribution in [3.8, 4) is 0 Å². The quantitative estimate of drug-likeness (QED) is 0.834. The summed E-state index contributed by atoms with van der Waals surface area (Å²) in [6, 6.07) is 5.90. The van der Waals surface area contributed by atoms with Crippen LogP contribution in [0.4, 0.5) is 0 Å². The Hall–Kier alpha value is -1.68. The summed E-state index contributed by atoms with van der Waals surface area (Å²) in [5.41, 5.74) is 2.85. The molecule has 0 spiro atoms. The van der Waals surface area contributed by atoms with E-state index < -0.39 is 0 Å². The molecule has 1 aliphatic heterocycles. The fraction of sp³-hybridized carbons (Fsp3) is 0.467. The van der Waals surface area contributed by atoms with Crippen LogP contribution in [0.5, 0.6) is 0 Å². The van der Waals surface area contributed by atoms with E-state index in [1.165, 1.54) is 0 Å². The molecule has 4 heteroatoms. The number of hydrogen-bond donors (Lipinski definition) is 1. The fourth-order valence-corrected chi connectivity index (χ4v) is 2.33. The van der Waals surface area contributed by atoms with Crippen molar-refractivity contribution in [1.82, 2.24) is 10.2 Å². The molecule has 1 fully saturated rings. The Morgan fingerprint density at radius 1 is 1.37 bits per heavy atom. The summed E-state index contributed by atoms with van der Waals surface area (Å²) in [5.74, 6) is 0.0992. The summed E-state index contributed by atoms with van der Waals surface area (Å²) in [5, 5.41) is 2.82. The zero-order valence-electron chi connectivity index (χ0n) is 11.5. The molecule has 1 aromatic rings. The van der Waals surface area contributed by atoms with Gasteiger partial charge < -0.3 is 5.32 Å². The van der Waals surface area contributed by atoms with Crippen molar-refractivity contribution >= 4 is 11.7 Å². The van der Waals surface area contributed by atoms with Gasteiger partial charge in [-0.05, 0) is 31.9 Å². The minimum Gasteiger partial charge on any atom is -0.355 e. The lowest BCUT2D eigenvalue weighted by atomic mass is 10.0. The number of hydrogen-bond acceptors (Lipinski definition) is 3. The number of aryl methyl sites for hydroxylation is 2. The average Bonchev–Trinajstić information content (AvgIpc) is 2.56. The number of carbonyl (C=O) groups is 2. The monoisotopic (exact) mass is 260 g/mol. The predicted molar refractivity (Wildman–Crippen MR) is 74.3 cm³/mol. The van der Waals surface area contributed by atoms with E-state index in [4.69, 9.17) is 0 Å². The third kappa shape index (κ3) is 3.64. The molecule has 102 valence electrons. The molecule has 0 saturated carbocycles. The first-order valence-electron chi connectivity index (χ1n) is 6.66. The fourth-order valence-electron chi connectivity index (χ4n) is 2.33. The van der Waals surface area contributed by atoms with E-state index in [9.17, 15) is 9.59 Å². The molecule has 1 N–H and O–H groups in total. The molecule has 2 rings (SSSR count). The molecule has 0 unspecified atom stereocenters. The van der Waals surface area contributed by atoms with Gasteiger partial charge in [-0.25, -0.2) is 0 Å². The van der Waals surface area contributed by atoms with Crippen molar-refractivity contribution in [2.75, 3.05) is 26.2 Å². The summed E-state index contributed by atoms with van der Waals surface area (Å²) in [6.07, 6.45) is 0.895. The molecule has 0 aliphatic carbocycles. The van der Waals surface area contributed by atoms with E-state index >= 15 is 0 Å². The Labute approximate surface area is 113 Å². The first-order valence-corrected chi connectivity index (χ1v) is 6.66. The molecule has 1 heterocycles. The maximum absolute atomic E-state index is 12.3. The Morgan fingerprint density at radius 3 is 2.95 bits per heavy atom.